The summed E-state index contributed by atoms with van der Waals surface area (Å²) in [6.45, 7) is 2.79. The molecule has 3 aromatic rings. The van der Waals surface area contributed by atoms with E-state index in [9.17, 15) is 9.59 Å². The molecule has 1 aromatic heterocycles. The van der Waals surface area contributed by atoms with Crippen molar-refractivity contribution < 1.29 is 14.0 Å². The van der Waals surface area contributed by atoms with E-state index in [1.54, 1.807) is 22.0 Å². The van der Waals surface area contributed by atoms with Crippen molar-refractivity contribution in [3.63, 3.8) is 0 Å². The fraction of sp³-hybridized carbons (Fsp3) is 0.259. The van der Waals surface area contributed by atoms with Gasteiger partial charge in [-0.1, -0.05) is 60.7 Å². The van der Waals surface area contributed by atoms with Crippen LogP contribution in [0.5, 0.6) is 0 Å². The van der Waals surface area contributed by atoms with E-state index in [2.05, 4.69) is 0 Å². The van der Waals surface area contributed by atoms with Crippen molar-refractivity contribution in [2.75, 3.05) is 6.54 Å². The van der Waals surface area contributed by atoms with Crippen LogP contribution in [0.15, 0.2) is 83.3 Å². The number of hydrogen-bond donors (Lipinski definition) is 0. The fourth-order valence-corrected chi connectivity index (χ4v) is 3.64. The number of carbonyl (C=O) groups is 2. The van der Waals surface area contributed by atoms with Crippen molar-refractivity contribution in [2.45, 2.75) is 38.9 Å². The third-order valence-electron chi connectivity index (χ3n) is 5.51. The van der Waals surface area contributed by atoms with Gasteiger partial charge in [0.05, 0.1) is 6.54 Å². The van der Waals surface area contributed by atoms with Crippen LogP contribution in [-0.2, 0) is 22.7 Å². The van der Waals surface area contributed by atoms with E-state index in [1.165, 1.54) is 0 Å². The summed E-state index contributed by atoms with van der Waals surface area (Å²) in [6.07, 6.45) is 5.25. The molecule has 164 valence electrons. The Morgan fingerprint density at radius 3 is 2.25 bits per heavy atom. The van der Waals surface area contributed by atoms with Gasteiger partial charge in [-0.3, -0.25) is 9.59 Å². The molecule has 0 unspecified atom stereocenters. The summed E-state index contributed by atoms with van der Waals surface area (Å²) in [5, 5.41) is 0. The van der Waals surface area contributed by atoms with E-state index >= 15 is 0 Å². The summed E-state index contributed by atoms with van der Waals surface area (Å²) in [7, 11) is 0. The van der Waals surface area contributed by atoms with Crippen LogP contribution in [-0.4, -0.2) is 34.2 Å². The number of rotatable bonds is 9. The molecule has 0 spiro atoms. The monoisotopic (exact) mass is 428 g/mol. The maximum atomic E-state index is 13.3. The maximum absolute atomic E-state index is 13.3. The number of furan rings is 1. The van der Waals surface area contributed by atoms with Crippen LogP contribution in [0, 0.1) is 6.92 Å². The Hall–Kier alpha value is -3.60. The Kier molecular flexibility index (Phi) is 6.85. The highest BCUT2D eigenvalue weighted by atomic mass is 16.3. The van der Waals surface area contributed by atoms with Gasteiger partial charge in [-0.05, 0) is 49.1 Å². The topological polar surface area (TPSA) is 53.8 Å². The van der Waals surface area contributed by atoms with Crippen LogP contribution in [0.2, 0.25) is 0 Å². The summed E-state index contributed by atoms with van der Waals surface area (Å²) < 4.78 is 5.72. The predicted octanol–water partition coefficient (Wildman–Crippen LogP) is 4.82. The molecule has 4 rings (SSSR count). The highest BCUT2D eigenvalue weighted by Gasteiger charge is 2.34. The summed E-state index contributed by atoms with van der Waals surface area (Å²) in [5.41, 5.74) is 2.00. The molecule has 2 aromatic carbocycles. The second-order valence-electron chi connectivity index (χ2n) is 8.19. The SMILES string of the molecule is Cc1ccc(CN(Cc2ccccc2)C(=O)CN(C(=O)C=Cc2ccccc2)C2CC2)o1. The van der Waals surface area contributed by atoms with Crippen LogP contribution in [0.3, 0.4) is 0 Å². The largest absolute Gasteiger partial charge is 0.464 e. The zero-order valence-corrected chi connectivity index (χ0v) is 18.3. The van der Waals surface area contributed by atoms with Crippen LogP contribution in [0.1, 0.15) is 35.5 Å². The number of hydrogen-bond acceptors (Lipinski definition) is 3. The quantitative estimate of drug-likeness (QED) is 0.459. The molecule has 1 aliphatic rings. The molecule has 5 heteroatoms. The number of carbonyl (C=O) groups excluding carboxylic acids is 2. The molecule has 0 radical (unpaired) electrons. The highest BCUT2D eigenvalue weighted by Crippen LogP contribution is 2.27. The third-order valence-corrected chi connectivity index (χ3v) is 5.51. The number of benzene rings is 2. The van der Waals surface area contributed by atoms with Gasteiger partial charge in [0.25, 0.3) is 0 Å². The fourth-order valence-electron chi connectivity index (χ4n) is 3.64. The molecule has 0 saturated heterocycles. The lowest BCUT2D eigenvalue weighted by Gasteiger charge is -2.27. The Balaban J connectivity index is 1.48. The summed E-state index contributed by atoms with van der Waals surface area (Å²) in [5.74, 6) is 1.34. The molecule has 0 atom stereocenters. The molecule has 1 saturated carbocycles. The zero-order chi connectivity index (χ0) is 22.3. The average molecular weight is 429 g/mol. The minimum absolute atomic E-state index is 0.0646. The van der Waals surface area contributed by atoms with Gasteiger partial charge < -0.3 is 14.2 Å². The molecule has 1 fully saturated rings. The molecule has 5 nitrogen and oxygen atoms in total. The predicted molar refractivity (Wildman–Crippen MR) is 124 cm³/mol. The Morgan fingerprint density at radius 1 is 0.938 bits per heavy atom. The summed E-state index contributed by atoms with van der Waals surface area (Å²) in [4.78, 5) is 29.7. The molecular formula is C27H28N2O3. The smallest absolute Gasteiger partial charge is 0.247 e. The lowest BCUT2D eigenvalue weighted by molar-refractivity contribution is -0.139. The first kappa shape index (κ1) is 21.6. The second kappa shape index (κ2) is 10.1. The van der Waals surface area contributed by atoms with E-state index in [4.69, 9.17) is 4.42 Å². The number of nitrogens with zero attached hydrogens (tertiary/aromatic N) is 2. The Bertz CT molecular complexity index is 1070. The van der Waals surface area contributed by atoms with Crippen LogP contribution < -0.4 is 0 Å². The maximum Gasteiger partial charge on any atom is 0.247 e. The van der Waals surface area contributed by atoms with Gasteiger partial charge in [-0.25, -0.2) is 0 Å². The van der Waals surface area contributed by atoms with E-state index in [0.717, 1.165) is 35.5 Å². The lowest BCUT2D eigenvalue weighted by atomic mass is 10.2. The van der Waals surface area contributed by atoms with Gasteiger partial charge >= 0.3 is 0 Å². The van der Waals surface area contributed by atoms with Crippen molar-refractivity contribution in [3.05, 3.63) is 102 Å². The van der Waals surface area contributed by atoms with Gasteiger partial charge in [0, 0.05) is 18.7 Å². The van der Waals surface area contributed by atoms with Crippen LogP contribution in [0.4, 0.5) is 0 Å². The lowest BCUT2D eigenvalue weighted by Crippen LogP contribution is -2.43. The van der Waals surface area contributed by atoms with E-state index in [1.807, 2.05) is 79.7 Å². The Morgan fingerprint density at radius 2 is 1.62 bits per heavy atom. The van der Waals surface area contributed by atoms with Gasteiger partial charge in [0.2, 0.25) is 11.8 Å². The number of aryl methyl sites for hydroxylation is 1. The first-order valence-electron chi connectivity index (χ1n) is 11.0. The van der Waals surface area contributed by atoms with Crippen molar-refractivity contribution in [3.8, 4) is 0 Å². The standard InChI is InChI=1S/C27H28N2O3/c1-21-12-16-25(32-21)19-28(18-23-10-6-3-7-11-23)27(31)20-29(24-14-15-24)26(30)17-13-22-8-4-2-5-9-22/h2-13,16-17,24H,14-15,18-20H2,1H3. The molecule has 0 bridgehead atoms. The molecular weight excluding hydrogens is 400 g/mol. The van der Waals surface area contributed by atoms with Crippen molar-refractivity contribution in [1.29, 1.82) is 0 Å². The molecule has 32 heavy (non-hydrogen) atoms. The van der Waals surface area contributed by atoms with Gasteiger partial charge in [0.15, 0.2) is 0 Å². The summed E-state index contributed by atoms with van der Waals surface area (Å²) in [6, 6.07) is 23.5. The van der Waals surface area contributed by atoms with Crippen molar-refractivity contribution in [1.82, 2.24) is 9.80 Å². The first-order valence-corrected chi connectivity index (χ1v) is 11.0. The molecule has 0 aliphatic heterocycles. The van der Waals surface area contributed by atoms with E-state index in [0.29, 0.717) is 13.1 Å². The average Bonchev–Trinajstić information content (AvgIpc) is 3.57. The van der Waals surface area contributed by atoms with Crippen molar-refractivity contribution >= 4 is 17.9 Å². The molecule has 1 aliphatic carbocycles. The second-order valence-corrected chi connectivity index (χ2v) is 8.19. The highest BCUT2D eigenvalue weighted by molar-refractivity contribution is 5.94. The minimum Gasteiger partial charge on any atom is -0.464 e. The van der Waals surface area contributed by atoms with Crippen LogP contribution in [0.25, 0.3) is 6.08 Å². The van der Waals surface area contributed by atoms with E-state index in [-0.39, 0.29) is 24.4 Å². The van der Waals surface area contributed by atoms with Gasteiger partial charge in [-0.15, -0.1) is 0 Å². The van der Waals surface area contributed by atoms with Gasteiger partial charge in [0.1, 0.15) is 18.1 Å². The summed E-state index contributed by atoms with van der Waals surface area (Å²) >= 11 is 0. The molecule has 2 amide bonds. The van der Waals surface area contributed by atoms with Gasteiger partial charge in [-0.2, -0.15) is 0 Å². The van der Waals surface area contributed by atoms with Crippen LogP contribution >= 0.6 is 0 Å². The number of amides is 2. The van der Waals surface area contributed by atoms with Crippen molar-refractivity contribution in [2.24, 2.45) is 0 Å². The zero-order valence-electron chi connectivity index (χ0n) is 18.3. The Labute approximate surface area is 189 Å². The van der Waals surface area contributed by atoms with E-state index < -0.39 is 0 Å². The molecule has 0 N–H and O–H groups in total. The molecule has 1 heterocycles. The normalized spacial score (nSPS) is 13.3. The first-order chi connectivity index (χ1) is 15.6. The third kappa shape index (κ3) is 5.97. The minimum atomic E-state index is -0.127.